The smallest absolute Gasteiger partial charge is 0.240 e. The zero-order chi connectivity index (χ0) is 96.4. The van der Waals surface area contributed by atoms with Crippen molar-refractivity contribution in [3.8, 4) is 35.2 Å². The molecule has 22 rings (SSSR count). The van der Waals surface area contributed by atoms with Crippen LogP contribution in [-0.2, 0) is 72.3 Å². The van der Waals surface area contributed by atoms with E-state index < -0.39 is 48.6 Å². The van der Waals surface area contributed by atoms with Crippen molar-refractivity contribution in [1.82, 2.24) is 93.0 Å². The topological polar surface area (TPSA) is 423 Å². The summed E-state index contributed by atoms with van der Waals surface area (Å²) >= 11 is 6.08. The number of aromatic nitrogens is 19. The maximum Gasteiger partial charge on any atom is 0.240 e. The molecule has 9 atom stereocenters. The van der Waals surface area contributed by atoms with Crippen molar-refractivity contribution >= 4 is 152 Å². The number of rotatable bonds is 19. The highest BCUT2D eigenvalue weighted by molar-refractivity contribution is 7.94. The Morgan fingerprint density at radius 3 is 0.906 bits per heavy atom. The third-order valence-electron chi connectivity index (χ3n) is 24.7. The number of hydrogen-bond donors (Lipinski definition) is 0. The average molecular weight is 2000 g/mol. The molecule has 0 N–H and O–H groups in total. The monoisotopic (exact) mass is 1990 g/mol. The minimum atomic E-state index is -2.35. The van der Waals surface area contributed by atoms with Gasteiger partial charge in [-0.05, 0) is 153 Å². The molecule has 5 aliphatic heterocycles. The van der Waals surface area contributed by atoms with Gasteiger partial charge in [0.15, 0.2) is 34.9 Å². The Hall–Kier alpha value is -11.3. The molecule has 0 amide bonds. The predicted octanol–water partition coefficient (Wildman–Crippen LogP) is 13.7. The first-order chi connectivity index (χ1) is 66.3. The first kappa shape index (κ1) is 96.9. The summed E-state index contributed by atoms with van der Waals surface area (Å²) in [4.78, 5) is 79.3. The minimum Gasteiger partial charge on any atom is -0.377 e. The maximum absolute atomic E-state index is 13.0. The fourth-order valence-electron chi connectivity index (χ4n) is 16.6. The van der Waals surface area contributed by atoms with Crippen molar-refractivity contribution in [1.29, 1.82) is 0 Å². The number of morpholine rings is 5. The number of benzene rings is 3. The summed E-state index contributed by atoms with van der Waals surface area (Å²) in [5.74, 6) is 8.38. The maximum atomic E-state index is 13.0. The third-order valence-corrected chi connectivity index (χ3v) is 34.7. The lowest BCUT2D eigenvalue weighted by Crippen LogP contribution is -2.44. The van der Waals surface area contributed by atoms with Gasteiger partial charge in [0.1, 0.15) is 48.1 Å². The van der Waals surface area contributed by atoms with Gasteiger partial charge in [-0.3, -0.25) is 23.3 Å². The average Bonchev–Trinajstić information content (AvgIpc) is 1.62. The summed E-state index contributed by atoms with van der Waals surface area (Å²) in [5.41, 5.74) is 7.15. The molecular formula is C93H116ClN29O10S5. The van der Waals surface area contributed by atoms with Crippen molar-refractivity contribution in [2.24, 2.45) is 21.8 Å². The first-order valence-corrected chi connectivity index (χ1v) is 57.0. The van der Waals surface area contributed by atoms with E-state index in [0.29, 0.717) is 137 Å². The molecule has 730 valence electrons. The Morgan fingerprint density at radius 2 is 0.630 bits per heavy atom. The SMILES string of the molecule is C[C@@H]1COCCN1c1cc(N=S(C)(=O)C2CC2)nc(-n2cnc3ccccc32)n1.C[C@@H]1COCCN1c1cc(N=S(C)(C)=O)nc(-n2ccnc2Cl)n1.C[C@@H]1COCCN1c1cc(N=[S@@](C)(=O)C2CC2)nc(-n2cnc3ccccc32)n1.C[C@@H]1COCCN1c1cc(N=[S@](C)(=O)C2CC2)nc(-n2cnc3ccccc32)n1.Cc1ccc(-c2nc(N=S(C)(=O)C3CC3)cc(N3CCOC[C@H]3C)n2)cn1. The lowest BCUT2D eigenvalue weighted by molar-refractivity contribution is 0.0985. The van der Waals surface area contributed by atoms with Crippen molar-refractivity contribution < 1.29 is 44.7 Å². The van der Waals surface area contributed by atoms with Crippen LogP contribution < -0.4 is 24.5 Å². The van der Waals surface area contributed by atoms with Crippen LogP contribution in [0.15, 0.2) is 175 Å². The van der Waals surface area contributed by atoms with Gasteiger partial charge in [-0.25, -0.2) is 50.9 Å². The molecule has 0 bridgehead atoms. The highest BCUT2D eigenvalue weighted by Crippen LogP contribution is 2.39. The molecule has 9 fully saturated rings. The lowest BCUT2D eigenvalue weighted by atomic mass is 10.2. The number of ether oxygens (including phenoxy) is 5. The number of nitrogens with zero attached hydrogens (tertiary/aromatic N) is 29. The Kier molecular flexibility index (Phi) is 29.0. The van der Waals surface area contributed by atoms with E-state index in [1.165, 1.54) is 0 Å². The largest absolute Gasteiger partial charge is 0.377 e. The van der Waals surface area contributed by atoms with Gasteiger partial charge in [0.2, 0.25) is 29.1 Å². The van der Waals surface area contributed by atoms with Gasteiger partial charge < -0.3 is 48.2 Å². The van der Waals surface area contributed by atoms with E-state index in [0.717, 1.165) is 145 Å². The van der Waals surface area contributed by atoms with Crippen LogP contribution >= 0.6 is 11.6 Å². The minimum absolute atomic E-state index is 0.167. The molecule has 15 heterocycles. The second-order valence-corrected chi connectivity index (χ2v) is 49.6. The number of imidazole rings is 4. The summed E-state index contributed by atoms with van der Waals surface area (Å²) < 4.78 is 121. The van der Waals surface area contributed by atoms with E-state index in [4.69, 9.17) is 55.2 Å². The van der Waals surface area contributed by atoms with E-state index in [9.17, 15) is 21.0 Å². The number of para-hydroxylation sites is 6. The van der Waals surface area contributed by atoms with Gasteiger partial charge in [0.05, 0.1) is 168 Å². The van der Waals surface area contributed by atoms with E-state index in [1.54, 1.807) is 85.7 Å². The molecule has 39 nitrogen and oxygen atoms in total. The van der Waals surface area contributed by atoms with E-state index >= 15 is 0 Å². The molecule has 5 saturated heterocycles. The lowest BCUT2D eigenvalue weighted by Gasteiger charge is -2.34. The fraction of sp³-hybridized carbons (Fsp3) is 0.473. The van der Waals surface area contributed by atoms with Crippen LogP contribution in [0.4, 0.5) is 58.2 Å². The second kappa shape index (κ2) is 41.2. The molecule has 0 radical (unpaired) electrons. The van der Waals surface area contributed by atoms with Crippen LogP contribution in [0.2, 0.25) is 5.28 Å². The summed E-state index contributed by atoms with van der Waals surface area (Å²) in [7, 11) is -11.6. The number of aryl methyl sites for hydroxylation is 1. The summed E-state index contributed by atoms with van der Waals surface area (Å²) in [5, 5.41) is 0.937. The highest BCUT2D eigenvalue weighted by Gasteiger charge is 2.37. The Bertz CT molecular complexity index is 6880. The molecule has 0 spiro atoms. The Labute approximate surface area is 809 Å². The molecule has 2 unspecified atom stereocenters. The number of fused-ring (bicyclic) bond motifs is 3. The summed E-state index contributed by atoms with van der Waals surface area (Å²) in [6.07, 6.45) is 28.0. The van der Waals surface area contributed by atoms with Crippen LogP contribution in [-0.4, -0.2) is 302 Å². The van der Waals surface area contributed by atoms with Crippen molar-refractivity contribution in [3.63, 3.8) is 0 Å². The predicted molar refractivity (Wildman–Crippen MR) is 541 cm³/mol. The standard InChI is InChI=1S/3C20H24N6O2S.C19H25N5O2S.C14H19ClN6O2S/c3*1-14-12-28-10-9-25(14)19-11-18(24-29(2,27)15-7-8-15)22-20(23-19)26-13-21-16-5-3-4-6-17(16)26;1-13-4-5-15(11-20-13)19-21-17(23-27(3,25)16-6-7-16)10-18(22-19)24-8-9-26-12-14(24)2;1-10-9-23-7-6-20(10)12-8-11(19-24(2,3)22)17-14(18-12)21-5-4-16-13(21)15/h3*3-6,11,13-15H,7-10,12H2,1-2H3;4-5,10-11,14,16H,6-9,12H2,1-3H3;4-5,8,10H,6-7,9H2,1-3H3/t14-,29?;14-,29+;14-,29-;14-,27?;10-/m11111/s1. The number of anilines is 5. The van der Waals surface area contributed by atoms with Crippen molar-refractivity contribution in [2.75, 3.05) is 161 Å². The Balaban J connectivity index is 0.000000115. The Morgan fingerprint density at radius 1 is 0.341 bits per heavy atom. The number of halogens is 1. The zero-order valence-electron chi connectivity index (χ0n) is 79.4. The second-order valence-electron chi connectivity index (χ2n) is 36.5. The zero-order valence-corrected chi connectivity index (χ0v) is 84.2. The molecule has 4 saturated carbocycles. The molecular weight excluding hydrogens is 1880 g/mol. The van der Waals surface area contributed by atoms with Crippen molar-refractivity contribution in [3.05, 3.63) is 164 Å². The van der Waals surface area contributed by atoms with E-state index in [1.807, 2.05) is 130 Å². The molecule has 4 aliphatic carbocycles. The molecule has 13 aromatic rings. The normalized spacial score (nSPS) is 21.4. The number of pyridine rings is 1. The first-order valence-electron chi connectivity index (χ1n) is 46.4. The third kappa shape index (κ3) is 23.5. The van der Waals surface area contributed by atoms with Crippen molar-refractivity contribution in [2.45, 2.75) is 144 Å². The number of hydrogen-bond acceptors (Lipinski definition) is 35. The van der Waals surface area contributed by atoms with Crippen LogP contribution in [0.1, 0.15) is 91.7 Å². The molecule has 45 heteroatoms. The van der Waals surface area contributed by atoms with E-state index in [-0.39, 0.29) is 56.5 Å². The van der Waals surface area contributed by atoms with Crippen LogP contribution in [0, 0.1) is 6.92 Å². The van der Waals surface area contributed by atoms with Crippen LogP contribution in [0.25, 0.3) is 68.3 Å². The van der Waals surface area contributed by atoms with Crippen LogP contribution in [0.3, 0.4) is 0 Å². The van der Waals surface area contributed by atoms with E-state index in [2.05, 4.69) is 136 Å². The van der Waals surface area contributed by atoms with Gasteiger partial charge >= 0.3 is 0 Å². The van der Waals surface area contributed by atoms with Gasteiger partial charge in [-0.1, -0.05) is 36.4 Å². The molecule has 3 aromatic carbocycles. The fourth-order valence-corrected chi connectivity index (χ4v) is 23.8. The highest BCUT2D eigenvalue weighted by atomic mass is 35.5. The van der Waals surface area contributed by atoms with Gasteiger partial charge in [0.25, 0.3) is 0 Å². The molecule has 138 heavy (non-hydrogen) atoms. The van der Waals surface area contributed by atoms with Gasteiger partial charge in [-0.2, -0.15) is 61.7 Å². The van der Waals surface area contributed by atoms with Gasteiger partial charge in [0, 0.05) is 161 Å². The molecule has 10 aromatic heterocycles. The quantitative estimate of drug-likeness (QED) is 0.0725. The summed E-state index contributed by atoms with van der Waals surface area (Å²) in [6.45, 7) is 22.6. The van der Waals surface area contributed by atoms with Crippen LogP contribution in [0.5, 0.6) is 0 Å². The molecule has 9 aliphatic rings. The summed E-state index contributed by atoms with van der Waals surface area (Å²) in [6, 6.07) is 37.5. The van der Waals surface area contributed by atoms with Gasteiger partial charge in [-0.15, -0.1) is 0 Å².